The van der Waals surface area contributed by atoms with E-state index in [0.29, 0.717) is 5.41 Å². The molecule has 0 heterocycles. The molecule has 1 nitrogen and oxygen atoms in total. The Kier molecular flexibility index (Phi) is 5.48. The average molecular weight is 400 g/mol. The maximum atomic E-state index is 6.51. The molecule has 0 amide bonds. The minimum atomic E-state index is -1.52. The Morgan fingerprint density at radius 1 is 1.25 bits per heavy atom. The number of rotatable bonds is 6. The Balaban J connectivity index is 2.18. The highest BCUT2D eigenvalue weighted by atomic mass is 127. The smallest absolute Gasteiger partial charge is 0.184 e. The van der Waals surface area contributed by atoms with Gasteiger partial charge >= 0.3 is 0 Å². The molecule has 0 spiro atoms. The third kappa shape index (κ3) is 4.18. The highest BCUT2D eigenvalue weighted by molar-refractivity contribution is 14.1. The van der Waals surface area contributed by atoms with E-state index in [9.17, 15) is 0 Å². The molecule has 1 aliphatic rings. The lowest BCUT2D eigenvalue weighted by Gasteiger charge is -2.48. The first-order chi connectivity index (χ1) is 9.45. The molecule has 2 rings (SSSR count). The molecule has 0 aromatic heterocycles. The highest BCUT2D eigenvalue weighted by Crippen LogP contribution is 2.49. The van der Waals surface area contributed by atoms with Crippen LogP contribution >= 0.6 is 22.6 Å². The minimum absolute atomic E-state index is 0.278. The summed E-state index contributed by atoms with van der Waals surface area (Å²) < 4.78 is 8.64. The second-order valence-electron chi connectivity index (χ2n) is 6.85. The second kappa shape index (κ2) is 6.75. The normalized spacial score (nSPS) is 19.8. The van der Waals surface area contributed by atoms with Crippen molar-refractivity contribution in [2.24, 2.45) is 5.41 Å². The Morgan fingerprint density at radius 3 is 2.35 bits per heavy atom. The molecular formula is C17H25IOSi. The summed E-state index contributed by atoms with van der Waals surface area (Å²) in [5.74, 6) is 0. The van der Waals surface area contributed by atoms with Gasteiger partial charge in [0.05, 0.1) is 6.10 Å². The second-order valence-corrected chi connectivity index (χ2v) is 12.0. The Labute approximate surface area is 138 Å². The lowest BCUT2D eigenvalue weighted by Crippen LogP contribution is -2.47. The van der Waals surface area contributed by atoms with Crippen LogP contribution < -0.4 is 0 Å². The molecule has 1 aliphatic carbocycles. The predicted molar refractivity (Wildman–Crippen MR) is 97.8 cm³/mol. The molecule has 1 saturated carbocycles. The fourth-order valence-corrected chi connectivity index (χ4v) is 4.48. The van der Waals surface area contributed by atoms with Gasteiger partial charge in [0.2, 0.25) is 0 Å². The molecule has 0 radical (unpaired) electrons. The van der Waals surface area contributed by atoms with Crippen molar-refractivity contribution in [3.05, 3.63) is 46.1 Å². The molecular weight excluding hydrogens is 375 g/mol. The summed E-state index contributed by atoms with van der Waals surface area (Å²) in [4.78, 5) is 0. The molecule has 20 heavy (non-hydrogen) atoms. The van der Waals surface area contributed by atoms with Gasteiger partial charge in [0.15, 0.2) is 8.32 Å². The van der Waals surface area contributed by atoms with Crippen LogP contribution in [0.15, 0.2) is 40.5 Å². The first-order valence-corrected chi connectivity index (χ1v) is 12.1. The van der Waals surface area contributed by atoms with Gasteiger partial charge in [0.25, 0.3) is 0 Å². The Morgan fingerprint density at radius 2 is 1.90 bits per heavy atom. The van der Waals surface area contributed by atoms with Gasteiger partial charge in [0, 0.05) is 5.41 Å². The van der Waals surface area contributed by atoms with Crippen LogP contribution in [0.4, 0.5) is 0 Å². The van der Waals surface area contributed by atoms with Crippen molar-refractivity contribution in [2.75, 3.05) is 0 Å². The quantitative estimate of drug-likeness (QED) is 0.448. The molecule has 1 fully saturated rings. The number of hydrogen-bond donors (Lipinski definition) is 0. The van der Waals surface area contributed by atoms with Crippen molar-refractivity contribution in [3.8, 4) is 0 Å². The fraction of sp³-hybridized carbons (Fsp3) is 0.529. The van der Waals surface area contributed by atoms with E-state index in [1.165, 1.54) is 24.8 Å². The van der Waals surface area contributed by atoms with Gasteiger partial charge in [-0.05, 0) is 48.5 Å². The van der Waals surface area contributed by atoms with E-state index in [1.54, 1.807) is 0 Å². The molecule has 0 N–H and O–H groups in total. The average Bonchev–Trinajstić information content (AvgIpc) is 2.33. The summed E-state index contributed by atoms with van der Waals surface area (Å²) in [5, 5.41) is 0. The lowest BCUT2D eigenvalue weighted by atomic mass is 9.62. The molecule has 1 aromatic rings. The number of benzene rings is 1. The van der Waals surface area contributed by atoms with E-state index in [-0.39, 0.29) is 6.10 Å². The highest BCUT2D eigenvalue weighted by Gasteiger charge is 2.44. The van der Waals surface area contributed by atoms with Gasteiger partial charge in [-0.2, -0.15) is 0 Å². The number of halogens is 1. The SMILES string of the molecule is C[Si](C)(C)OC(C=CI)C1(Cc2ccccc2)CCC1. The monoisotopic (exact) mass is 400 g/mol. The number of hydrogen-bond acceptors (Lipinski definition) is 1. The van der Waals surface area contributed by atoms with Gasteiger partial charge in [-0.25, -0.2) is 0 Å². The molecule has 0 aliphatic heterocycles. The standard InChI is InChI=1S/C17H25IOSi/c1-20(2,3)19-16(10-13-18)17(11-7-12-17)14-15-8-5-4-6-9-15/h4-6,8-10,13,16H,7,11-12,14H2,1-3H3. The van der Waals surface area contributed by atoms with Crippen LogP contribution in [-0.4, -0.2) is 14.4 Å². The zero-order chi connectivity index (χ0) is 14.6. The van der Waals surface area contributed by atoms with E-state index in [4.69, 9.17) is 4.43 Å². The fourth-order valence-electron chi connectivity index (χ4n) is 3.01. The first-order valence-electron chi connectivity index (χ1n) is 7.44. The molecule has 1 atom stereocenters. The Hall–Kier alpha value is -0.133. The summed E-state index contributed by atoms with van der Waals surface area (Å²) in [6.07, 6.45) is 7.62. The van der Waals surface area contributed by atoms with Crippen LogP contribution in [0.5, 0.6) is 0 Å². The molecule has 3 heteroatoms. The summed E-state index contributed by atoms with van der Waals surface area (Å²) in [6, 6.07) is 10.9. The van der Waals surface area contributed by atoms with Crippen molar-refractivity contribution in [1.29, 1.82) is 0 Å². The summed E-state index contributed by atoms with van der Waals surface area (Å²) in [7, 11) is -1.52. The van der Waals surface area contributed by atoms with Crippen LogP contribution in [0.1, 0.15) is 24.8 Å². The minimum Gasteiger partial charge on any atom is -0.411 e. The van der Waals surface area contributed by atoms with Gasteiger partial charge in [0.1, 0.15) is 0 Å². The van der Waals surface area contributed by atoms with E-state index in [0.717, 1.165) is 6.42 Å². The van der Waals surface area contributed by atoms with Crippen molar-refractivity contribution in [3.63, 3.8) is 0 Å². The third-order valence-corrected chi connectivity index (χ3v) is 5.46. The third-order valence-electron chi connectivity index (χ3n) is 4.08. The summed E-state index contributed by atoms with van der Waals surface area (Å²) >= 11 is 2.32. The van der Waals surface area contributed by atoms with Crippen molar-refractivity contribution >= 4 is 30.9 Å². The van der Waals surface area contributed by atoms with Crippen molar-refractivity contribution in [1.82, 2.24) is 0 Å². The van der Waals surface area contributed by atoms with Crippen LogP contribution in [0.3, 0.4) is 0 Å². The molecule has 110 valence electrons. The molecule has 1 unspecified atom stereocenters. The Bertz CT molecular complexity index is 446. The van der Waals surface area contributed by atoms with E-state index >= 15 is 0 Å². The molecule has 0 bridgehead atoms. The van der Waals surface area contributed by atoms with Gasteiger partial charge in [-0.3, -0.25) is 0 Å². The first kappa shape index (κ1) is 16.2. The molecule has 1 aromatic carbocycles. The van der Waals surface area contributed by atoms with Crippen molar-refractivity contribution in [2.45, 2.75) is 51.4 Å². The molecule has 0 saturated heterocycles. The van der Waals surface area contributed by atoms with Crippen molar-refractivity contribution < 1.29 is 4.43 Å². The van der Waals surface area contributed by atoms with Crippen LogP contribution in [0.2, 0.25) is 19.6 Å². The topological polar surface area (TPSA) is 9.23 Å². The maximum Gasteiger partial charge on any atom is 0.184 e. The lowest BCUT2D eigenvalue weighted by molar-refractivity contribution is 0.00621. The van der Waals surface area contributed by atoms with E-state index in [1.807, 2.05) is 0 Å². The van der Waals surface area contributed by atoms with Crippen LogP contribution in [0.25, 0.3) is 0 Å². The van der Waals surface area contributed by atoms with E-state index in [2.05, 4.69) is 82.7 Å². The van der Waals surface area contributed by atoms with E-state index < -0.39 is 8.32 Å². The summed E-state index contributed by atoms with van der Waals surface area (Å²) in [6.45, 7) is 6.86. The van der Waals surface area contributed by atoms with Gasteiger partial charge in [-0.1, -0.05) is 65.4 Å². The van der Waals surface area contributed by atoms with Gasteiger partial charge in [-0.15, -0.1) is 0 Å². The maximum absolute atomic E-state index is 6.51. The van der Waals surface area contributed by atoms with Crippen LogP contribution in [0, 0.1) is 5.41 Å². The summed E-state index contributed by atoms with van der Waals surface area (Å²) in [5.41, 5.74) is 1.77. The van der Waals surface area contributed by atoms with Gasteiger partial charge < -0.3 is 4.43 Å². The van der Waals surface area contributed by atoms with Crippen LogP contribution in [-0.2, 0) is 10.8 Å². The zero-order valence-electron chi connectivity index (χ0n) is 12.7. The zero-order valence-corrected chi connectivity index (χ0v) is 15.9. The predicted octanol–water partition coefficient (Wildman–Crippen LogP) is 5.57. The largest absolute Gasteiger partial charge is 0.411 e.